The number of para-hydroxylation sites is 1. The second-order valence-corrected chi connectivity index (χ2v) is 7.74. The van der Waals surface area contributed by atoms with Crippen molar-refractivity contribution in [1.29, 1.82) is 0 Å². The predicted octanol–water partition coefficient (Wildman–Crippen LogP) is 4.20. The van der Waals surface area contributed by atoms with Crippen molar-refractivity contribution in [2.45, 2.75) is 6.42 Å². The molecule has 0 saturated heterocycles. The molecule has 0 unspecified atom stereocenters. The number of carbonyl (C=O) groups is 2. The largest absolute Gasteiger partial charge is 0.505 e. The molecule has 0 aliphatic rings. The molecule has 0 radical (unpaired) electrons. The van der Waals surface area contributed by atoms with E-state index in [4.69, 9.17) is 11.6 Å². The minimum atomic E-state index is -0.683. The number of nitrogens with zero attached hydrogens (tertiary/aromatic N) is 1. The molecule has 2 N–H and O–H groups in total. The number of aromatic nitrogens is 1. The number of phenolic OH excluding ortho intramolecular Hbond substituents is 1. The van der Waals surface area contributed by atoms with Crippen LogP contribution in [0.5, 0.6) is 5.75 Å². The normalized spacial score (nSPS) is 10.5. The van der Waals surface area contributed by atoms with E-state index in [9.17, 15) is 14.7 Å². The summed E-state index contributed by atoms with van der Waals surface area (Å²) in [5.41, 5.74) is 0.727. The maximum absolute atomic E-state index is 12.2. The third kappa shape index (κ3) is 4.04. The van der Waals surface area contributed by atoms with Crippen LogP contribution in [0.15, 0.2) is 35.7 Å². The first-order valence-corrected chi connectivity index (χ1v) is 9.45. The minimum Gasteiger partial charge on any atom is -0.505 e. The molecule has 0 atom stereocenters. The number of thiazole rings is 1. The van der Waals surface area contributed by atoms with E-state index in [1.165, 1.54) is 41.9 Å². The lowest BCUT2D eigenvalue weighted by Gasteiger charge is -2.09. The van der Waals surface area contributed by atoms with Crippen molar-refractivity contribution >= 4 is 51.8 Å². The molecule has 9 heteroatoms. The van der Waals surface area contributed by atoms with Crippen LogP contribution < -0.4 is 5.32 Å². The molecule has 26 heavy (non-hydrogen) atoms. The number of methoxy groups -OCH3 is 1. The van der Waals surface area contributed by atoms with Crippen LogP contribution in [0.25, 0.3) is 9.88 Å². The van der Waals surface area contributed by atoms with Crippen LogP contribution >= 0.6 is 34.3 Å². The van der Waals surface area contributed by atoms with Crippen LogP contribution in [0.4, 0.5) is 5.69 Å². The van der Waals surface area contributed by atoms with Crippen LogP contribution in [0.3, 0.4) is 0 Å². The van der Waals surface area contributed by atoms with Gasteiger partial charge >= 0.3 is 5.97 Å². The zero-order valence-corrected chi connectivity index (χ0v) is 15.9. The number of hydrogen-bond acceptors (Lipinski definition) is 7. The smallest absolute Gasteiger partial charge is 0.341 e. The minimum absolute atomic E-state index is 0.0178. The molecular weight excluding hydrogens is 396 g/mol. The Balaban J connectivity index is 1.70. The van der Waals surface area contributed by atoms with Gasteiger partial charge in [0, 0.05) is 5.38 Å². The van der Waals surface area contributed by atoms with E-state index in [2.05, 4.69) is 15.0 Å². The molecule has 1 amide bonds. The number of rotatable bonds is 5. The molecule has 3 rings (SSSR count). The van der Waals surface area contributed by atoms with Gasteiger partial charge in [0.05, 0.1) is 34.1 Å². The van der Waals surface area contributed by atoms with Gasteiger partial charge in [-0.15, -0.1) is 22.7 Å². The highest BCUT2D eigenvalue weighted by Crippen LogP contribution is 2.33. The van der Waals surface area contributed by atoms with Crippen molar-refractivity contribution in [3.05, 3.63) is 51.3 Å². The van der Waals surface area contributed by atoms with Gasteiger partial charge in [0.1, 0.15) is 10.6 Å². The highest BCUT2D eigenvalue weighted by molar-refractivity contribution is 7.23. The molecule has 0 aliphatic heterocycles. The molecule has 1 aromatic carbocycles. The Kier molecular flexibility index (Phi) is 5.55. The van der Waals surface area contributed by atoms with Gasteiger partial charge in [0.2, 0.25) is 5.91 Å². The molecule has 0 saturated carbocycles. The quantitative estimate of drug-likeness (QED) is 0.488. The number of nitrogens with one attached hydrogen (secondary N) is 1. The molecule has 0 fully saturated rings. The van der Waals surface area contributed by atoms with Gasteiger partial charge in [-0.25, -0.2) is 9.78 Å². The maximum Gasteiger partial charge on any atom is 0.341 e. The van der Waals surface area contributed by atoms with E-state index < -0.39 is 5.97 Å². The number of anilines is 1. The Morgan fingerprint density at radius 2 is 2.12 bits per heavy atom. The zero-order valence-electron chi connectivity index (χ0n) is 13.5. The molecule has 3 aromatic rings. The molecule has 134 valence electrons. The molecule has 0 bridgehead atoms. The number of amides is 1. The third-order valence-corrected chi connectivity index (χ3v) is 5.68. The molecule has 6 nitrogen and oxygen atoms in total. The van der Waals surface area contributed by atoms with Crippen molar-refractivity contribution in [2.75, 3.05) is 12.4 Å². The number of aromatic hydroxyl groups is 1. The second-order valence-electron chi connectivity index (χ2n) is 5.17. The Morgan fingerprint density at radius 3 is 2.81 bits per heavy atom. The first-order valence-electron chi connectivity index (χ1n) is 7.38. The second kappa shape index (κ2) is 7.86. The number of phenols is 1. The number of esters is 1. The fraction of sp³-hybridized carbons (Fsp3) is 0.118. The summed E-state index contributed by atoms with van der Waals surface area (Å²) in [5.74, 6) is -1.37. The zero-order chi connectivity index (χ0) is 18.7. The maximum atomic E-state index is 12.2. The summed E-state index contributed by atoms with van der Waals surface area (Å²) in [4.78, 5) is 29.2. The summed E-state index contributed by atoms with van der Waals surface area (Å²) in [6, 6.07) is 8.14. The number of carbonyl (C=O) groups excluding carboxylic acids is 2. The monoisotopic (exact) mass is 408 g/mol. The summed E-state index contributed by atoms with van der Waals surface area (Å²) in [6.45, 7) is 0. The van der Waals surface area contributed by atoms with E-state index in [1.807, 2.05) is 6.07 Å². The van der Waals surface area contributed by atoms with E-state index in [0.717, 1.165) is 9.88 Å². The van der Waals surface area contributed by atoms with E-state index in [-0.39, 0.29) is 29.3 Å². The molecular formula is C17H13ClN2O4S2. The molecule has 2 aromatic heterocycles. The Labute approximate surface area is 162 Å². The standard InChI is InChI=1S/C17H13ClN2O4S2/c1-24-17(23)10-3-2-4-11(15(10)22)20-14(21)7-9-8-25-16(19-9)12-5-6-13(18)26-12/h2-6,8,22H,7H2,1H3,(H,20,21). The van der Waals surface area contributed by atoms with Crippen molar-refractivity contribution in [2.24, 2.45) is 0 Å². The first-order chi connectivity index (χ1) is 12.5. The van der Waals surface area contributed by atoms with Gasteiger partial charge in [-0.05, 0) is 24.3 Å². The van der Waals surface area contributed by atoms with Crippen molar-refractivity contribution < 1.29 is 19.4 Å². The van der Waals surface area contributed by atoms with Gasteiger partial charge in [0.15, 0.2) is 5.75 Å². The Hall–Kier alpha value is -2.42. The van der Waals surface area contributed by atoms with Crippen molar-refractivity contribution in [3.8, 4) is 15.6 Å². The summed E-state index contributed by atoms with van der Waals surface area (Å²) >= 11 is 8.77. The summed E-state index contributed by atoms with van der Waals surface area (Å²) in [6.07, 6.45) is 0.0392. The third-order valence-electron chi connectivity index (χ3n) is 3.39. The van der Waals surface area contributed by atoms with E-state index in [1.54, 1.807) is 17.5 Å². The predicted molar refractivity (Wildman–Crippen MR) is 102 cm³/mol. The fourth-order valence-corrected chi connectivity index (χ4v) is 4.14. The average Bonchev–Trinajstić information content (AvgIpc) is 3.25. The highest BCUT2D eigenvalue weighted by atomic mass is 35.5. The number of halogens is 1. The first kappa shape index (κ1) is 18.4. The van der Waals surface area contributed by atoms with Crippen LogP contribution in [-0.4, -0.2) is 29.1 Å². The topological polar surface area (TPSA) is 88.5 Å². The van der Waals surface area contributed by atoms with Crippen LogP contribution in [0.2, 0.25) is 4.34 Å². The molecule has 0 spiro atoms. The van der Waals surface area contributed by atoms with Crippen molar-refractivity contribution in [1.82, 2.24) is 4.98 Å². The molecule has 0 aliphatic carbocycles. The average molecular weight is 409 g/mol. The van der Waals surface area contributed by atoms with Gasteiger partial charge in [-0.2, -0.15) is 0 Å². The number of benzene rings is 1. The van der Waals surface area contributed by atoms with Crippen molar-refractivity contribution in [3.63, 3.8) is 0 Å². The fourth-order valence-electron chi connectivity index (χ4n) is 2.21. The van der Waals surface area contributed by atoms with Gasteiger partial charge in [-0.3, -0.25) is 4.79 Å². The summed E-state index contributed by atoms with van der Waals surface area (Å²) in [5, 5.41) is 15.3. The van der Waals surface area contributed by atoms with E-state index >= 15 is 0 Å². The number of thiophene rings is 1. The van der Waals surface area contributed by atoms with Crippen LogP contribution in [-0.2, 0) is 16.0 Å². The van der Waals surface area contributed by atoms with Gasteiger partial charge in [-0.1, -0.05) is 17.7 Å². The number of hydrogen-bond donors (Lipinski definition) is 2. The molecule has 2 heterocycles. The SMILES string of the molecule is COC(=O)c1cccc(NC(=O)Cc2csc(-c3ccc(Cl)s3)n2)c1O. The lowest BCUT2D eigenvalue weighted by molar-refractivity contribution is -0.115. The summed E-state index contributed by atoms with van der Waals surface area (Å²) < 4.78 is 5.27. The number of ether oxygens (including phenoxy) is 1. The van der Waals surface area contributed by atoms with Crippen LogP contribution in [0, 0.1) is 0 Å². The van der Waals surface area contributed by atoms with Gasteiger partial charge in [0.25, 0.3) is 0 Å². The summed E-state index contributed by atoms with van der Waals surface area (Å²) in [7, 11) is 1.22. The highest BCUT2D eigenvalue weighted by Gasteiger charge is 2.17. The van der Waals surface area contributed by atoms with Gasteiger partial charge < -0.3 is 15.2 Å². The lowest BCUT2D eigenvalue weighted by Crippen LogP contribution is -2.15. The van der Waals surface area contributed by atoms with Crippen LogP contribution in [0.1, 0.15) is 16.1 Å². The lowest BCUT2D eigenvalue weighted by atomic mass is 10.1. The Bertz CT molecular complexity index is 967. The Morgan fingerprint density at radius 1 is 1.31 bits per heavy atom. The van der Waals surface area contributed by atoms with E-state index in [0.29, 0.717) is 10.0 Å².